The van der Waals surface area contributed by atoms with Gasteiger partial charge in [-0.25, -0.2) is 4.98 Å². The van der Waals surface area contributed by atoms with Gasteiger partial charge in [0.05, 0.1) is 5.25 Å². The van der Waals surface area contributed by atoms with E-state index in [0.717, 1.165) is 5.82 Å². The van der Waals surface area contributed by atoms with Crippen molar-refractivity contribution in [3.63, 3.8) is 0 Å². The highest BCUT2D eigenvalue weighted by Crippen LogP contribution is 2.08. The lowest BCUT2D eigenvalue weighted by atomic mass is 10.2. The summed E-state index contributed by atoms with van der Waals surface area (Å²) in [6.07, 6.45) is 5.78. The van der Waals surface area contributed by atoms with Crippen LogP contribution in [0.5, 0.6) is 0 Å². The second kappa shape index (κ2) is 7.50. The van der Waals surface area contributed by atoms with E-state index in [1.807, 2.05) is 0 Å². The molecule has 0 aliphatic carbocycles. The highest BCUT2D eigenvalue weighted by molar-refractivity contribution is 7.86. The van der Waals surface area contributed by atoms with Crippen molar-refractivity contribution in [3.8, 4) is 0 Å². The molecule has 0 saturated heterocycles. The molecule has 11 heteroatoms. The van der Waals surface area contributed by atoms with Crippen LogP contribution in [0.15, 0.2) is 19.0 Å². The van der Waals surface area contributed by atoms with E-state index >= 15 is 0 Å². The van der Waals surface area contributed by atoms with E-state index in [4.69, 9.17) is 22.1 Å². The van der Waals surface area contributed by atoms with Crippen molar-refractivity contribution in [1.29, 1.82) is 0 Å². The third-order valence-electron chi connectivity index (χ3n) is 2.23. The number of aryl methyl sites for hydroxylation is 1. The molecule has 0 fully saturated rings. The molecule has 1 atom stereocenters. The van der Waals surface area contributed by atoms with Gasteiger partial charge < -0.3 is 4.57 Å². The van der Waals surface area contributed by atoms with Crippen LogP contribution < -0.4 is 0 Å². The Morgan fingerprint density at radius 2 is 1.85 bits per heavy atom. The molecule has 116 valence electrons. The van der Waals surface area contributed by atoms with Crippen molar-refractivity contribution in [2.75, 3.05) is 0 Å². The van der Waals surface area contributed by atoms with E-state index in [9.17, 15) is 8.42 Å². The summed E-state index contributed by atoms with van der Waals surface area (Å²) in [7, 11) is -8.61. The Labute approximate surface area is 117 Å². The van der Waals surface area contributed by atoms with E-state index in [-0.39, 0.29) is 0 Å². The Balaban J connectivity index is 0.000000621. The Morgan fingerprint density at radius 1 is 1.35 bits per heavy atom. The monoisotopic (exact) mass is 328 g/mol. The van der Waals surface area contributed by atoms with Crippen LogP contribution in [0.1, 0.15) is 19.2 Å². The average molecular weight is 328 g/mol. The summed E-state index contributed by atoms with van der Waals surface area (Å²) in [6, 6.07) is 0. The molecule has 0 amide bonds. The predicted molar refractivity (Wildman–Crippen MR) is 72.1 cm³/mol. The fourth-order valence-corrected chi connectivity index (χ4v) is 1.60. The Hall–Kier alpha value is -1.27. The quantitative estimate of drug-likeness (QED) is 0.663. The maximum Gasteiger partial charge on any atom is 0.394 e. The minimum atomic E-state index is -4.67. The van der Waals surface area contributed by atoms with Gasteiger partial charge in [-0.3, -0.25) is 13.7 Å². The van der Waals surface area contributed by atoms with Gasteiger partial charge in [-0.1, -0.05) is 6.58 Å². The van der Waals surface area contributed by atoms with E-state index in [0.29, 0.717) is 12.8 Å². The van der Waals surface area contributed by atoms with Crippen molar-refractivity contribution < 1.29 is 30.5 Å². The number of hydrogen-bond acceptors (Lipinski definition) is 5. The highest BCUT2D eigenvalue weighted by atomic mass is 32.3. The zero-order valence-corrected chi connectivity index (χ0v) is 12.2. The largest absolute Gasteiger partial charge is 0.394 e. The van der Waals surface area contributed by atoms with Crippen LogP contribution in [-0.4, -0.2) is 45.3 Å². The molecule has 9 nitrogen and oxygen atoms in total. The van der Waals surface area contributed by atoms with Crippen LogP contribution in [-0.2, 0) is 26.9 Å². The van der Waals surface area contributed by atoms with Crippen LogP contribution >= 0.6 is 0 Å². The predicted octanol–water partition coefficient (Wildman–Crippen LogP) is 0.540. The van der Waals surface area contributed by atoms with Gasteiger partial charge in [0.15, 0.2) is 0 Å². The molecule has 0 radical (unpaired) electrons. The molecule has 0 spiro atoms. The van der Waals surface area contributed by atoms with Gasteiger partial charge in [0.2, 0.25) is 0 Å². The van der Waals surface area contributed by atoms with Crippen LogP contribution in [0.4, 0.5) is 0 Å². The molecule has 0 aliphatic rings. The van der Waals surface area contributed by atoms with Crippen molar-refractivity contribution in [2.24, 2.45) is 0 Å². The Bertz CT molecular complexity index is 625. The minimum Gasteiger partial charge on any atom is -0.311 e. The highest BCUT2D eigenvalue weighted by Gasteiger charge is 2.17. The molecule has 20 heavy (non-hydrogen) atoms. The topological polar surface area (TPSA) is 147 Å². The molecule has 1 rings (SSSR count). The molecule has 0 aromatic carbocycles. The zero-order chi connectivity index (χ0) is 16.0. The maximum absolute atomic E-state index is 10.8. The summed E-state index contributed by atoms with van der Waals surface area (Å²) < 4.78 is 63.6. The molecule has 1 unspecified atom stereocenters. The molecule has 3 N–H and O–H groups in total. The van der Waals surface area contributed by atoms with E-state index < -0.39 is 25.8 Å². The molecule has 1 aromatic heterocycles. The van der Waals surface area contributed by atoms with Gasteiger partial charge in [-0.2, -0.15) is 16.8 Å². The van der Waals surface area contributed by atoms with Gasteiger partial charge in [0.25, 0.3) is 10.1 Å². The third kappa shape index (κ3) is 8.77. The summed E-state index contributed by atoms with van der Waals surface area (Å²) in [5.41, 5.74) is 0. The normalized spacial score (nSPS) is 13.2. The second-order valence-corrected chi connectivity index (χ2v) is 6.48. The van der Waals surface area contributed by atoms with Crippen LogP contribution in [0.3, 0.4) is 0 Å². The third-order valence-corrected chi connectivity index (χ3v) is 3.48. The SMILES string of the molecule is C=Cn1ccnc1CCC(C)S(=O)(=O)O.O=S(=O)(O)O. The second-order valence-electron chi connectivity index (χ2n) is 3.75. The molecule has 1 aromatic rings. The maximum atomic E-state index is 10.8. The van der Waals surface area contributed by atoms with Crippen LogP contribution in [0, 0.1) is 0 Å². The molecule has 0 aliphatic heterocycles. The van der Waals surface area contributed by atoms with Gasteiger partial charge in [-0.05, 0) is 13.3 Å². The number of aromatic nitrogens is 2. The minimum absolute atomic E-state index is 0.337. The first-order valence-electron chi connectivity index (χ1n) is 5.25. The van der Waals surface area contributed by atoms with E-state index in [2.05, 4.69) is 11.6 Å². The number of hydrogen-bond donors (Lipinski definition) is 3. The first-order valence-corrected chi connectivity index (χ1v) is 8.15. The first-order chi connectivity index (χ1) is 8.95. The van der Waals surface area contributed by atoms with Gasteiger partial charge in [-0.15, -0.1) is 0 Å². The van der Waals surface area contributed by atoms with E-state index in [1.165, 1.54) is 6.92 Å². The smallest absolute Gasteiger partial charge is 0.311 e. The molecular weight excluding hydrogens is 312 g/mol. The summed E-state index contributed by atoms with van der Waals surface area (Å²) in [5, 5.41) is -0.771. The molecular formula is C9H16N2O7S2. The van der Waals surface area contributed by atoms with Crippen molar-refractivity contribution in [3.05, 3.63) is 24.8 Å². The summed E-state index contributed by atoms with van der Waals surface area (Å²) in [5.74, 6) is 0.737. The number of imidazole rings is 1. The van der Waals surface area contributed by atoms with E-state index in [1.54, 1.807) is 23.2 Å². The van der Waals surface area contributed by atoms with Gasteiger partial charge >= 0.3 is 10.4 Å². The molecule has 0 saturated carbocycles. The number of nitrogens with zero attached hydrogens (tertiary/aromatic N) is 2. The lowest BCUT2D eigenvalue weighted by Crippen LogP contribution is -2.17. The fourth-order valence-electron chi connectivity index (χ4n) is 1.19. The summed E-state index contributed by atoms with van der Waals surface area (Å²) in [6.45, 7) is 5.06. The number of rotatable bonds is 5. The summed E-state index contributed by atoms with van der Waals surface area (Å²) >= 11 is 0. The first kappa shape index (κ1) is 18.7. The van der Waals surface area contributed by atoms with Crippen molar-refractivity contribution in [2.45, 2.75) is 25.0 Å². The van der Waals surface area contributed by atoms with Crippen molar-refractivity contribution >= 4 is 26.7 Å². The van der Waals surface area contributed by atoms with Crippen molar-refractivity contribution in [1.82, 2.24) is 9.55 Å². The van der Waals surface area contributed by atoms with Gasteiger partial charge in [0, 0.05) is 25.0 Å². The Morgan fingerprint density at radius 3 is 2.25 bits per heavy atom. The Kier molecular flexibility index (Phi) is 7.02. The van der Waals surface area contributed by atoms with Crippen LogP contribution in [0.25, 0.3) is 6.20 Å². The molecule has 1 heterocycles. The lowest BCUT2D eigenvalue weighted by Gasteiger charge is -2.07. The standard InChI is InChI=1S/C9H14N2O3S.H2O4S/c1-3-11-7-6-10-9(11)5-4-8(2)15(12,13)14;1-5(2,3)4/h3,6-8H,1,4-5H2,2H3,(H,12,13,14);(H2,1,2,3,4). The molecule has 0 bridgehead atoms. The summed E-state index contributed by atoms with van der Waals surface area (Å²) in [4.78, 5) is 4.06. The van der Waals surface area contributed by atoms with Crippen LogP contribution in [0.2, 0.25) is 0 Å². The van der Waals surface area contributed by atoms with Gasteiger partial charge in [0.1, 0.15) is 5.82 Å². The fraction of sp³-hybridized carbons (Fsp3) is 0.444. The lowest BCUT2D eigenvalue weighted by molar-refractivity contribution is 0.381. The average Bonchev–Trinajstić information content (AvgIpc) is 2.69. The zero-order valence-electron chi connectivity index (χ0n) is 10.6.